The summed E-state index contributed by atoms with van der Waals surface area (Å²) in [5, 5.41) is 5.73. The summed E-state index contributed by atoms with van der Waals surface area (Å²) in [6.45, 7) is 4.85. The number of Topliss-reactive ketones (excluding diaryl/α,β-unsaturated/α-hetero) is 1. The molecule has 0 aromatic heterocycles. The van der Waals surface area contributed by atoms with Crippen molar-refractivity contribution < 1.29 is 23.9 Å². The lowest BCUT2D eigenvalue weighted by Crippen LogP contribution is -2.42. The lowest BCUT2D eigenvalue weighted by Gasteiger charge is -2.31. The molecule has 0 saturated carbocycles. The Balaban J connectivity index is 1.17. The molecule has 1 unspecified atom stereocenters. The van der Waals surface area contributed by atoms with Crippen molar-refractivity contribution in [1.82, 2.24) is 4.90 Å². The van der Waals surface area contributed by atoms with E-state index in [0.29, 0.717) is 55.2 Å². The maximum atomic E-state index is 13.1. The zero-order chi connectivity index (χ0) is 24.7. The number of piperidine rings is 1. The van der Waals surface area contributed by atoms with Gasteiger partial charge in [-0.1, -0.05) is 0 Å². The van der Waals surface area contributed by atoms with Gasteiger partial charge in [0.2, 0.25) is 5.91 Å². The third-order valence-electron chi connectivity index (χ3n) is 6.95. The first-order valence-electron chi connectivity index (χ1n) is 11.9. The van der Waals surface area contributed by atoms with E-state index in [1.165, 1.54) is 0 Å². The molecule has 3 heterocycles. The van der Waals surface area contributed by atoms with Crippen LogP contribution in [0.15, 0.2) is 36.4 Å². The van der Waals surface area contributed by atoms with Crippen molar-refractivity contribution in [3.8, 4) is 5.75 Å². The van der Waals surface area contributed by atoms with E-state index in [2.05, 4.69) is 10.6 Å². The molecule has 1 saturated heterocycles. The Morgan fingerprint density at radius 2 is 1.83 bits per heavy atom. The van der Waals surface area contributed by atoms with Crippen LogP contribution in [0.5, 0.6) is 5.75 Å². The predicted molar refractivity (Wildman–Crippen MR) is 131 cm³/mol. The van der Waals surface area contributed by atoms with Gasteiger partial charge in [0.15, 0.2) is 11.9 Å². The predicted octanol–water partition coefficient (Wildman–Crippen LogP) is 3.44. The van der Waals surface area contributed by atoms with E-state index in [4.69, 9.17) is 4.74 Å². The highest BCUT2D eigenvalue weighted by atomic mass is 16.5. The molecule has 2 N–H and O–H groups in total. The molecule has 182 valence electrons. The average Bonchev–Trinajstić information content (AvgIpc) is 3.28. The Labute approximate surface area is 203 Å². The van der Waals surface area contributed by atoms with Crippen molar-refractivity contribution in [2.45, 2.75) is 39.2 Å². The smallest absolute Gasteiger partial charge is 0.321 e. The first-order chi connectivity index (χ1) is 16.8. The van der Waals surface area contributed by atoms with E-state index in [-0.39, 0.29) is 29.5 Å². The summed E-state index contributed by atoms with van der Waals surface area (Å²) >= 11 is 0. The fourth-order valence-electron chi connectivity index (χ4n) is 4.95. The van der Waals surface area contributed by atoms with Crippen molar-refractivity contribution in [2.75, 3.05) is 35.2 Å². The van der Waals surface area contributed by atoms with Gasteiger partial charge in [0.25, 0.3) is 5.91 Å². The maximum absolute atomic E-state index is 13.1. The number of nitrogens with one attached hydrogen (secondary N) is 2. The summed E-state index contributed by atoms with van der Waals surface area (Å²) < 4.78 is 5.56. The largest absolute Gasteiger partial charge is 0.479 e. The molecule has 2 aromatic rings. The van der Waals surface area contributed by atoms with Gasteiger partial charge in [0.1, 0.15) is 5.75 Å². The molecule has 3 aliphatic heterocycles. The SMILES string of the molecule is CC(=O)N1CCc2cc(NC(=O)N3CCC(C(=O)c4ccc5c(c4)NC(=O)C(C)O5)CC3)ccc21. The van der Waals surface area contributed by atoms with Crippen molar-refractivity contribution >= 4 is 40.7 Å². The number of likely N-dealkylation sites (tertiary alicyclic amines) is 1. The number of anilines is 3. The normalized spacial score (nSPS) is 19.4. The van der Waals surface area contributed by atoms with E-state index in [0.717, 1.165) is 17.7 Å². The second-order valence-corrected chi connectivity index (χ2v) is 9.28. The third-order valence-corrected chi connectivity index (χ3v) is 6.95. The lowest BCUT2D eigenvalue weighted by atomic mass is 9.88. The minimum atomic E-state index is -0.563. The summed E-state index contributed by atoms with van der Waals surface area (Å²) in [5.74, 6) is 0.158. The van der Waals surface area contributed by atoms with Gasteiger partial charge in [0, 0.05) is 49.4 Å². The quantitative estimate of drug-likeness (QED) is 0.660. The number of urea groups is 1. The van der Waals surface area contributed by atoms with E-state index in [1.54, 1.807) is 41.8 Å². The van der Waals surface area contributed by atoms with Crippen molar-refractivity contribution in [2.24, 2.45) is 5.92 Å². The van der Waals surface area contributed by atoms with E-state index < -0.39 is 6.10 Å². The molecule has 0 aliphatic carbocycles. The molecular weight excluding hydrogens is 448 g/mol. The average molecular weight is 477 g/mol. The molecule has 0 spiro atoms. The number of fused-ring (bicyclic) bond motifs is 2. The molecule has 9 nitrogen and oxygen atoms in total. The summed E-state index contributed by atoms with van der Waals surface area (Å²) in [6.07, 6.45) is 1.35. The van der Waals surface area contributed by atoms with E-state index in [1.807, 2.05) is 18.2 Å². The number of rotatable bonds is 3. The van der Waals surface area contributed by atoms with Gasteiger partial charge in [-0.3, -0.25) is 14.4 Å². The number of nitrogens with zero attached hydrogens (tertiary/aromatic N) is 2. The van der Waals surface area contributed by atoms with Gasteiger partial charge in [-0.25, -0.2) is 4.79 Å². The minimum absolute atomic E-state index is 0.00868. The number of carbonyl (C=O) groups excluding carboxylic acids is 4. The summed E-state index contributed by atoms with van der Waals surface area (Å²) in [4.78, 5) is 53.0. The molecule has 3 aliphatic rings. The monoisotopic (exact) mass is 476 g/mol. The van der Waals surface area contributed by atoms with Crippen LogP contribution in [-0.2, 0) is 16.0 Å². The molecule has 1 atom stereocenters. The van der Waals surface area contributed by atoms with Crippen molar-refractivity contribution in [3.63, 3.8) is 0 Å². The first kappa shape index (κ1) is 22.9. The molecule has 5 rings (SSSR count). The Morgan fingerprint density at radius 1 is 1.06 bits per heavy atom. The van der Waals surface area contributed by atoms with Crippen molar-refractivity contribution in [3.05, 3.63) is 47.5 Å². The number of ketones is 1. The summed E-state index contributed by atoms with van der Waals surface area (Å²) in [7, 11) is 0. The molecule has 0 bridgehead atoms. The van der Waals surface area contributed by atoms with Crippen LogP contribution >= 0.6 is 0 Å². The van der Waals surface area contributed by atoms with Crippen LogP contribution in [0.3, 0.4) is 0 Å². The van der Waals surface area contributed by atoms with Crippen LogP contribution in [0.4, 0.5) is 21.9 Å². The number of hydrogen-bond acceptors (Lipinski definition) is 5. The Hall–Kier alpha value is -3.88. The fourth-order valence-corrected chi connectivity index (χ4v) is 4.95. The standard InChI is InChI=1S/C26H28N4O5/c1-15-25(33)28-21-14-19(3-6-23(21)35-15)24(32)17-7-10-29(11-8-17)26(34)27-20-4-5-22-18(13-20)9-12-30(22)16(2)31/h3-6,13-15,17H,7-12H2,1-2H3,(H,27,34)(H,28,33). The van der Waals surface area contributed by atoms with Gasteiger partial charge in [0.05, 0.1) is 5.69 Å². The molecule has 9 heteroatoms. The maximum Gasteiger partial charge on any atom is 0.321 e. The van der Waals surface area contributed by atoms with Gasteiger partial charge in [-0.05, 0) is 68.1 Å². The van der Waals surface area contributed by atoms with Crippen LogP contribution in [0.2, 0.25) is 0 Å². The van der Waals surface area contributed by atoms with Crippen molar-refractivity contribution in [1.29, 1.82) is 0 Å². The number of benzene rings is 2. The number of carbonyl (C=O) groups is 4. The zero-order valence-electron chi connectivity index (χ0n) is 19.8. The van der Waals surface area contributed by atoms with Crippen LogP contribution in [0, 0.1) is 5.92 Å². The minimum Gasteiger partial charge on any atom is -0.479 e. The second kappa shape index (κ2) is 9.05. The molecule has 0 radical (unpaired) electrons. The molecule has 1 fully saturated rings. The highest BCUT2D eigenvalue weighted by Gasteiger charge is 2.30. The third kappa shape index (κ3) is 4.45. The van der Waals surface area contributed by atoms with Crippen LogP contribution in [0.1, 0.15) is 42.6 Å². The Bertz CT molecular complexity index is 1220. The number of ether oxygens (including phenoxy) is 1. The van der Waals surface area contributed by atoms with E-state index >= 15 is 0 Å². The van der Waals surface area contributed by atoms with Crippen LogP contribution < -0.4 is 20.3 Å². The molecular formula is C26H28N4O5. The number of amides is 4. The van der Waals surface area contributed by atoms with Gasteiger partial charge in [-0.15, -0.1) is 0 Å². The number of hydrogen-bond donors (Lipinski definition) is 2. The van der Waals surface area contributed by atoms with Crippen LogP contribution in [-0.4, -0.2) is 54.3 Å². The topological polar surface area (TPSA) is 108 Å². The fraction of sp³-hybridized carbons (Fsp3) is 0.385. The Kier molecular flexibility index (Phi) is 5.92. The zero-order valence-corrected chi connectivity index (χ0v) is 19.8. The first-order valence-corrected chi connectivity index (χ1v) is 11.9. The molecule has 2 aromatic carbocycles. The lowest BCUT2D eigenvalue weighted by molar-refractivity contribution is -0.122. The van der Waals surface area contributed by atoms with Gasteiger partial charge >= 0.3 is 6.03 Å². The van der Waals surface area contributed by atoms with E-state index in [9.17, 15) is 19.2 Å². The van der Waals surface area contributed by atoms with Gasteiger partial charge < -0.3 is 25.2 Å². The summed E-state index contributed by atoms with van der Waals surface area (Å²) in [5.41, 5.74) is 3.69. The van der Waals surface area contributed by atoms with Crippen LogP contribution in [0.25, 0.3) is 0 Å². The highest BCUT2D eigenvalue weighted by molar-refractivity contribution is 6.02. The Morgan fingerprint density at radius 3 is 2.57 bits per heavy atom. The summed E-state index contributed by atoms with van der Waals surface area (Å²) in [6, 6.07) is 10.5. The highest BCUT2D eigenvalue weighted by Crippen LogP contribution is 2.33. The molecule has 4 amide bonds. The second-order valence-electron chi connectivity index (χ2n) is 9.28. The van der Waals surface area contributed by atoms with Gasteiger partial charge in [-0.2, -0.15) is 0 Å². The molecule has 35 heavy (non-hydrogen) atoms.